The van der Waals surface area contributed by atoms with Crippen LogP contribution in [0.4, 0.5) is 0 Å². The van der Waals surface area contributed by atoms with Crippen LogP contribution in [0.5, 0.6) is 0 Å². The molecule has 0 spiro atoms. The van der Waals surface area contributed by atoms with Crippen LogP contribution in [0.1, 0.15) is 33.1 Å². The first-order chi connectivity index (χ1) is 4.72. The Morgan fingerprint density at radius 2 is 2.20 bits per heavy atom. The van der Waals surface area contributed by atoms with E-state index < -0.39 is 0 Å². The molecular weight excluding hydrogens is 128 g/mol. The zero-order valence-electron chi connectivity index (χ0n) is 6.71. The molecule has 1 unspecified atom stereocenters. The third-order valence-corrected chi connectivity index (χ3v) is 2.02. The van der Waals surface area contributed by atoms with E-state index in [2.05, 4.69) is 6.92 Å². The van der Waals surface area contributed by atoms with Crippen LogP contribution in [0.3, 0.4) is 0 Å². The summed E-state index contributed by atoms with van der Waals surface area (Å²) in [6, 6.07) is 0. The molecule has 1 aliphatic heterocycles. The summed E-state index contributed by atoms with van der Waals surface area (Å²) in [5.74, 6) is 0. The average molecular weight is 144 g/mol. The Hall–Kier alpha value is -0.0800. The third kappa shape index (κ3) is 1.96. The van der Waals surface area contributed by atoms with Crippen LogP contribution < -0.4 is 0 Å². The molecule has 0 aliphatic carbocycles. The van der Waals surface area contributed by atoms with E-state index in [1.54, 1.807) is 0 Å². The van der Waals surface area contributed by atoms with E-state index >= 15 is 0 Å². The molecule has 60 valence electrons. The number of rotatable bonds is 1. The molecule has 0 radical (unpaired) electrons. The zero-order chi connectivity index (χ0) is 7.56. The lowest BCUT2D eigenvalue weighted by atomic mass is 10.0. The zero-order valence-corrected chi connectivity index (χ0v) is 6.71. The SMILES string of the molecule is CCC1C[C@H](O)C[C@@H](C)O1. The number of ether oxygens (including phenoxy) is 1. The third-order valence-electron chi connectivity index (χ3n) is 2.02. The van der Waals surface area contributed by atoms with Gasteiger partial charge in [-0.05, 0) is 26.2 Å². The van der Waals surface area contributed by atoms with Gasteiger partial charge in [0.05, 0.1) is 18.3 Å². The van der Waals surface area contributed by atoms with Gasteiger partial charge in [0, 0.05) is 0 Å². The molecule has 1 aliphatic rings. The lowest BCUT2D eigenvalue weighted by Gasteiger charge is -2.30. The topological polar surface area (TPSA) is 29.5 Å². The maximum absolute atomic E-state index is 9.30. The van der Waals surface area contributed by atoms with Crippen LogP contribution in [-0.2, 0) is 4.74 Å². The Bertz CT molecular complexity index is 93.4. The molecule has 2 nitrogen and oxygen atoms in total. The molecule has 2 heteroatoms. The van der Waals surface area contributed by atoms with Gasteiger partial charge in [0.2, 0.25) is 0 Å². The van der Waals surface area contributed by atoms with Gasteiger partial charge in [-0.25, -0.2) is 0 Å². The molecular formula is C8H16O2. The first-order valence-electron chi connectivity index (χ1n) is 4.06. The lowest BCUT2D eigenvalue weighted by Crippen LogP contribution is -2.33. The second-order valence-electron chi connectivity index (χ2n) is 3.10. The predicted molar refractivity (Wildman–Crippen MR) is 39.9 cm³/mol. The summed E-state index contributed by atoms with van der Waals surface area (Å²) in [6.07, 6.45) is 3.04. The fourth-order valence-corrected chi connectivity index (χ4v) is 1.49. The van der Waals surface area contributed by atoms with Gasteiger partial charge < -0.3 is 9.84 Å². The minimum atomic E-state index is -0.131. The molecule has 0 saturated carbocycles. The summed E-state index contributed by atoms with van der Waals surface area (Å²) in [7, 11) is 0. The van der Waals surface area contributed by atoms with Crippen molar-refractivity contribution in [3.8, 4) is 0 Å². The molecule has 1 N–H and O–H groups in total. The second-order valence-corrected chi connectivity index (χ2v) is 3.10. The Kier molecular flexibility index (Phi) is 2.69. The highest BCUT2D eigenvalue weighted by Crippen LogP contribution is 2.20. The quantitative estimate of drug-likeness (QED) is 0.601. The average Bonchev–Trinajstić information content (AvgIpc) is 1.85. The summed E-state index contributed by atoms with van der Waals surface area (Å²) in [4.78, 5) is 0. The van der Waals surface area contributed by atoms with Crippen molar-refractivity contribution in [3.63, 3.8) is 0 Å². The van der Waals surface area contributed by atoms with E-state index in [9.17, 15) is 5.11 Å². The monoisotopic (exact) mass is 144 g/mol. The molecule has 1 saturated heterocycles. The van der Waals surface area contributed by atoms with Gasteiger partial charge in [-0.3, -0.25) is 0 Å². The number of aliphatic hydroxyl groups excluding tert-OH is 1. The molecule has 1 heterocycles. The molecule has 3 atom stereocenters. The largest absolute Gasteiger partial charge is 0.393 e. The fraction of sp³-hybridized carbons (Fsp3) is 1.00. The highest BCUT2D eigenvalue weighted by Gasteiger charge is 2.23. The summed E-state index contributed by atoms with van der Waals surface area (Å²) in [5.41, 5.74) is 0. The van der Waals surface area contributed by atoms with Crippen molar-refractivity contribution < 1.29 is 9.84 Å². The van der Waals surface area contributed by atoms with Crippen molar-refractivity contribution in [1.82, 2.24) is 0 Å². The summed E-state index contributed by atoms with van der Waals surface area (Å²) >= 11 is 0. The van der Waals surface area contributed by atoms with Gasteiger partial charge >= 0.3 is 0 Å². The van der Waals surface area contributed by atoms with Crippen LogP contribution in [0.15, 0.2) is 0 Å². The van der Waals surface area contributed by atoms with E-state index in [1.165, 1.54) is 0 Å². The molecule has 1 rings (SSSR count). The van der Waals surface area contributed by atoms with E-state index in [4.69, 9.17) is 4.74 Å². The van der Waals surface area contributed by atoms with Crippen LogP contribution >= 0.6 is 0 Å². The van der Waals surface area contributed by atoms with E-state index in [0.717, 1.165) is 19.3 Å². The van der Waals surface area contributed by atoms with Crippen LogP contribution in [0.2, 0.25) is 0 Å². The highest BCUT2D eigenvalue weighted by atomic mass is 16.5. The van der Waals surface area contributed by atoms with Crippen molar-refractivity contribution in [2.45, 2.75) is 51.4 Å². The van der Waals surface area contributed by atoms with Crippen molar-refractivity contribution >= 4 is 0 Å². The smallest absolute Gasteiger partial charge is 0.0600 e. The van der Waals surface area contributed by atoms with E-state index in [1.807, 2.05) is 6.92 Å². The van der Waals surface area contributed by atoms with Crippen LogP contribution in [-0.4, -0.2) is 23.4 Å². The maximum Gasteiger partial charge on any atom is 0.0600 e. The summed E-state index contributed by atoms with van der Waals surface area (Å²) in [6.45, 7) is 4.11. The first-order valence-corrected chi connectivity index (χ1v) is 4.06. The second kappa shape index (κ2) is 3.35. The van der Waals surface area contributed by atoms with Crippen molar-refractivity contribution in [1.29, 1.82) is 0 Å². The van der Waals surface area contributed by atoms with E-state index in [-0.39, 0.29) is 12.2 Å². The molecule has 0 aromatic carbocycles. The number of hydrogen-bond donors (Lipinski definition) is 1. The van der Waals surface area contributed by atoms with Gasteiger partial charge in [0.25, 0.3) is 0 Å². The highest BCUT2D eigenvalue weighted by molar-refractivity contribution is 4.73. The van der Waals surface area contributed by atoms with Crippen molar-refractivity contribution in [3.05, 3.63) is 0 Å². The maximum atomic E-state index is 9.30. The standard InChI is InChI=1S/C8H16O2/c1-3-8-5-7(9)4-6(2)10-8/h6-9H,3-5H2,1-2H3/t6-,7-,8?/m1/s1. The van der Waals surface area contributed by atoms with Crippen molar-refractivity contribution in [2.24, 2.45) is 0 Å². The Morgan fingerprint density at radius 3 is 2.70 bits per heavy atom. The Labute approximate surface area is 62.2 Å². The fourth-order valence-electron chi connectivity index (χ4n) is 1.49. The first kappa shape index (κ1) is 8.02. The van der Waals surface area contributed by atoms with E-state index in [0.29, 0.717) is 6.10 Å². The normalized spacial score (nSPS) is 41.7. The molecule has 0 amide bonds. The number of aliphatic hydroxyl groups is 1. The van der Waals surface area contributed by atoms with Crippen molar-refractivity contribution in [2.75, 3.05) is 0 Å². The predicted octanol–water partition coefficient (Wildman–Crippen LogP) is 1.32. The molecule has 0 aromatic heterocycles. The molecule has 1 fully saturated rings. The van der Waals surface area contributed by atoms with Crippen LogP contribution in [0.25, 0.3) is 0 Å². The van der Waals surface area contributed by atoms with Gasteiger partial charge in [0.1, 0.15) is 0 Å². The summed E-state index contributed by atoms with van der Waals surface area (Å²) in [5, 5.41) is 9.30. The van der Waals surface area contributed by atoms with Gasteiger partial charge in [-0.1, -0.05) is 6.92 Å². The van der Waals surface area contributed by atoms with Gasteiger partial charge in [0.15, 0.2) is 0 Å². The molecule has 0 aromatic rings. The molecule has 0 bridgehead atoms. The summed E-state index contributed by atoms with van der Waals surface area (Å²) < 4.78 is 5.55. The van der Waals surface area contributed by atoms with Crippen LogP contribution in [0, 0.1) is 0 Å². The van der Waals surface area contributed by atoms with Gasteiger partial charge in [-0.15, -0.1) is 0 Å². The Balaban J connectivity index is 2.35. The minimum Gasteiger partial charge on any atom is -0.393 e. The minimum absolute atomic E-state index is 0.131. The lowest BCUT2D eigenvalue weighted by molar-refractivity contribution is -0.0881. The van der Waals surface area contributed by atoms with Gasteiger partial charge in [-0.2, -0.15) is 0 Å². The number of hydrogen-bond acceptors (Lipinski definition) is 2. The Morgan fingerprint density at radius 1 is 1.50 bits per heavy atom. The molecule has 10 heavy (non-hydrogen) atoms.